The van der Waals surface area contributed by atoms with Crippen molar-refractivity contribution in [2.24, 2.45) is 0 Å². The van der Waals surface area contributed by atoms with Gasteiger partial charge < -0.3 is 10.2 Å². The van der Waals surface area contributed by atoms with E-state index in [1.807, 2.05) is 18.2 Å². The predicted molar refractivity (Wildman–Crippen MR) is 131 cm³/mol. The molecule has 0 bridgehead atoms. The molecule has 3 rings (SSSR count). The van der Waals surface area contributed by atoms with Crippen LogP contribution in [0.25, 0.3) is 11.8 Å². The molecular weight excluding hydrogens is 445 g/mol. The minimum Gasteiger partial charge on any atom is -0.507 e. The maximum atomic E-state index is 11.3. The molecule has 0 amide bonds. The first-order valence-electron chi connectivity index (χ1n) is 10.4. The summed E-state index contributed by atoms with van der Waals surface area (Å²) in [6.45, 7) is 12.3. The van der Waals surface area contributed by atoms with Gasteiger partial charge in [-0.25, -0.2) is 9.67 Å². The third-order valence-corrected chi connectivity index (χ3v) is 5.85. The molecule has 0 radical (unpaired) electrons. The molecule has 1 unspecified atom stereocenters. The Kier molecular flexibility index (Phi) is 6.75. The molecule has 1 heterocycles. The lowest BCUT2D eigenvalue weighted by Crippen LogP contribution is -2.17. The second-order valence-electron chi connectivity index (χ2n) is 9.94. The van der Waals surface area contributed by atoms with E-state index in [0.29, 0.717) is 27.1 Å². The first-order valence-corrected chi connectivity index (χ1v) is 11.1. The number of benzene rings is 2. The number of rotatable bonds is 4. The fourth-order valence-electron chi connectivity index (χ4n) is 3.55. The Bertz CT molecular complexity index is 1110. The zero-order valence-electron chi connectivity index (χ0n) is 19.2. The number of phenolic OH excluding ortho intramolecular Hbond substituents is 1. The molecule has 1 atom stereocenters. The summed E-state index contributed by atoms with van der Waals surface area (Å²) in [4.78, 5) is 4.03. The molecule has 0 aliphatic carbocycles. The largest absolute Gasteiger partial charge is 0.507 e. The molecule has 3 aromatic rings. The monoisotopic (exact) mass is 473 g/mol. The lowest BCUT2D eigenvalue weighted by molar-refractivity contribution is 0.231. The van der Waals surface area contributed by atoms with E-state index >= 15 is 0 Å². The van der Waals surface area contributed by atoms with E-state index in [2.05, 4.69) is 51.6 Å². The van der Waals surface area contributed by atoms with Crippen LogP contribution in [0.15, 0.2) is 43.0 Å². The third kappa shape index (κ3) is 5.17. The first kappa shape index (κ1) is 24.3. The minimum absolute atomic E-state index is 0.278. The van der Waals surface area contributed by atoms with Crippen molar-refractivity contribution in [1.82, 2.24) is 14.8 Å². The van der Waals surface area contributed by atoms with Crippen molar-refractivity contribution in [3.63, 3.8) is 0 Å². The van der Waals surface area contributed by atoms with Crippen LogP contribution in [0.2, 0.25) is 10.0 Å². The summed E-state index contributed by atoms with van der Waals surface area (Å²) >= 11 is 12.4. The van der Waals surface area contributed by atoms with Crippen molar-refractivity contribution < 1.29 is 10.2 Å². The molecule has 32 heavy (non-hydrogen) atoms. The normalized spacial score (nSPS) is 14.0. The third-order valence-electron chi connectivity index (χ3n) is 5.28. The van der Waals surface area contributed by atoms with Crippen LogP contribution in [0.1, 0.15) is 69.9 Å². The highest BCUT2D eigenvalue weighted by molar-refractivity contribution is 6.35. The summed E-state index contributed by atoms with van der Waals surface area (Å²) in [6, 6.07) is 8.85. The average molecular weight is 474 g/mol. The van der Waals surface area contributed by atoms with Crippen LogP contribution in [0.3, 0.4) is 0 Å². The van der Waals surface area contributed by atoms with Crippen molar-refractivity contribution in [2.45, 2.75) is 58.5 Å². The second-order valence-corrected chi connectivity index (χ2v) is 10.8. The van der Waals surface area contributed by atoms with Crippen LogP contribution < -0.4 is 0 Å². The van der Waals surface area contributed by atoms with Gasteiger partial charge in [0.05, 0.1) is 5.70 Å². The molecule has 2 aromatic carbocycles. The number of nitrogens with zero attached hydrogens (tertiary/aromatic N) is 3. The van der Waals surface area contributed by atoms with Crippen molar-refractivity contribution in [2.75, 3.05) is 0 Å². The van der Waals surface area contributed by atoms with Crippen molar-refractivity contribution in [3.8, 4) is 5.75 Å². The summed E-state index contributed by atoms with van der Waals surface area (Å²) in [5.74, 6) is 0.297. The molecule has 0 aliphatic heterocycles. The number of aliphatic hydroxyl groups excluding tert-OH is 1. The van der Waals surface area contributed by atoms with Crippen LogP contribution in [-0.4, -0.2) is 25.0 Å². The van der Waals surface area contributed by atoms with Crippen molar-refractivity contribution in [1.29, 1.82) is 0 Å². The zero-order chi connectivity index (χ0) is 23.8. The SMILES string of the molecule is CC(C)(C)c1cc(C=C(C(O)c2ccc(Cl)cc2Cl)n2cncn2)cc(C(C)(C)C)c1O. The van der Waals surface area contributed by atoms with Gasteiger partial charge in [0.15, 0.2) is 0 Å². The Labute approximate surface area is 199 Å². The van der Waals surface area contributed by atoms with Gasteiger partial charge in [-0.2, -0.15) is 5.10 Å². The van der Waals surface area contributed by atoms with Gasteiger partial charge in [0, 0.05) is 26.7 Å². The zero-order valence-corrected chi connectivity index (χ0v) is 20.7. The summed E-state index contributed by atoms with van der Waals surface area (Å²) in [6.07, 6.45) is 3.69. The first-order chi connectivity index (χ1) is 14.8. The molecule has 0 saturated carbocycles. The van der Waals surface area contributed by atoms with Crippen LogP contribution in [0.5, 0.6) is 5.75 Å². The van der Waals surface area contributed by atoms with E-state index < -0.39 is 6.10 Å². The maximum absolute atomic E-state index is 11.3. The predicted octanol–water partition coefficient (Wildman–Crippen LogP) is 6.62. The summed E-state index contributed by atoms with van der Waals surface area (Å²) < 4.78 is 1.51. The molecule has 170 valence electrons. The van der Waals surface area contributed by atoms with Crippen molar-refractivity contribution in [3.05, 3.63) is 75.3 Å². The minimum atomic E-state index is -1.08. The highest BCUT2D eigenvalue weighted by atomic mass is 35.5. The van der Waals surface area contributed by atoms with Crippen LogP contribution in [-0.2, 0) is 10.8 Å². The number of phenols is 1. The molecule has 5 nitrogen and oxygen atoms in total. The van der Waals surface area contributed by atoms with E-state index in [0.717, 1.165) is 16.7 Å². The van der Waals surface area contributed by atoms with E-state index in [9.17, 15) is 10.2 Å². The fraction of sp³-hybridized carbons (Fsp3) is 0.360. The van der Waals surface area contributed by atoms with Gasteiger partial charge in [-0.1, -0.05) is 70.8 Å². The van der Waals surface area contributed by atoms with Gasteiger partial charge in [-0.15, -0.1) is 0 Å². The Morgan fingerprint density at radius 1 is 1.00 bits per heavy atom. The highest BCUT2D eigenvalue weighted by Gasteiger charge is 2.27. The number of aliphatic hydroxyl groups is 1. The lowest BCUT2D eigenvalue weighted by Gasteiger charge is -2.28. The van der Waals surface area contributed by atoms with Crippen LogP contribution >= 0.6 is 23.2 Å². The van der Waals surface area contributed by atoms with Gasteiger partial charge in [0.1, 0.15) is 24.5 Å². The van der Waals surface area contributed by atoms with E-state index in [1.54, 1.807) is 18.2 Å². The molecule has 2 N–H and O–H groups in total. The summed E-state index contributed by atoms with van der Waals surface area (Å²) in [7, 11) is 0. The Hall–Kier alpha value is -2.34. The number of aromatic nitrogens is 3. The van der Waals surface area contributed by atoms with Gasteiger partial charge in [-0.05, 0) is 46.7 Å². The van der Waals surface area contributed by atoms with E-state index in [1.165, 1.54) is 17.3 Å². The number of hydrogen-bond donors (Lipinski definition) is 2. The smallest absolute Gasteiger partial charge is 0.138 e. The molecule has 0 spiro atoms. The fourth-order valence-corrected chi connectivity index (χ4v) is 4.06. The molecule has 0 saturated heterocycles. The van der Waals surface area contributed by atoms with Gasteiger partial charge >= 0.3 is 0 Å². The maximum Gasteiger partial charge on any atom is 0.138 e. The molecule has 0 aliphatic rings. The molecule has 7 heteroatoms. The summed E-state index contributed by atoms with van der Waals surface area (Å²) in [5.41, 5.74) is 2.90. The second kappa shape index (κ2) is 8.89. The van der Waals surface area contributed by atoms with Gasteiger partial charge in [-0.3, -0.25) is 0 Å². The topological polar surface area (TPSA) is 71.2 Å². The summed E-state index contributed by atoms with van der Waals surface area (Å²) in [5, 5.41) is 27.4. The van der Waals surface area contributed by atoms with E-state index in [-0.39, 0.29) is 10.8 Å². The van der Waals surface area contributed by atoms with E-state index in [4.69, 9.17) is 23.2 Å². The molecule has 0 fully saturated rings. The Morgan fingerprint density at radius 2 is 1.59 bits per heavy atom. The average Bonchev–Trinajstić information content (AvgIpc) is 3.19. The Morgan fingerprint density at radius 3 is 2.06 bits per heavy atom. The van der Waals surface area contributed by atoms with Gasteiger partial charge in [0.25, 0.3) is 0 Å². The van der Waals surface area contributed by atoms with Crippen LogP contribution in [0, 0.1) is 0 Å². The van der Waals surface area contributed by atoms with Crippen LogP contribution in [0.4, 0.5) is 0 Å². The quantitative estimate of drug-likeness (QED) is 0.446. The highest BCUT2D eigenvalue weighted by Crippen LogP contribution is 2.41. The standard InChI is InChI=1S/C25H29Cl2N3O2/c1-24(2,3)18-9-15(10-19(23(18)32)25(4,5)6)11-21(30-14-28-13-29-30)22(31)17-8-7-16(26)12-20(17)27/h7-14,22,31-32H,1-6H3. The number of halogens is 2. The molecule has 1 aromatic heterocycles. The Balaban J connectivity index is 2.24. The molecular formula is C25H29Cl2N3O2. The number of aromatic hydroxyl groups is 1. The number of hydrogen-bond acceptors (Lipinski definition) is 4. The van der Waals surface area contributed by atoms with Gasteiger partial charge in [0.2, 0.25) is 0 Å². The lowest BCUT2D eigenvalue weighted by atomic mass is 9.78. The van der Waals surface area contributed by atoms with Crippen molar-refractivity contribution >= 4 is 35.0 Å².